The van der Waals surface area contributed by atoms with Crippen molar-refractivity contribution in [3.05, 3.63) is 175 Å². The third kappa shape index (κ3) is 4.38. The normalized spacial score (nSPS) is 12.2. The molecule has 9 aromatic carbocycles. The number of fused-ring (bicyclic) bond motifs is 7. The molecule has 3 aromatic heterocycles. The van der Waals surface area contributed by atoms with Crippen LogP contribution in [0, 0.1) is 13.8 Å². The number of nitrogen functional groups attached to an aromatic ring is 1. The van der Waals surface area contributed by atoms with Gasteiger partial charge in [-0.25, -0.2) is 0 Å². The Morgan fingerprint density at radius 2 is 0.982 bits per heavy atom. The molecule has 0 amide bonds. The maximum Gasteiger partial charge on any atom is 0.0684 e. The van der Waals surface area contributed by atoms with Crippen molar-refractivity contribution in [3.8, 4) is 44.5 Å². The van der Waals surface area contributed by atoms with E-state index in [-0.39, 0.29) is 0 Å². The molecule has 0 saturated heterocycles. The smallest absolute Gasteiger partial charge is 0.0684 e. The van der Waals surface area contributed by atoms with Gasteiger partial charge in [-0.2, -0.15) is 0 Å². The van der Waals surface area contributed by atoms with Crippen LogP contribution in [-0.2, 0) is 0 Å². The molecule has 0 spiro atoms. The van der Waals surface area contributed by atoms with Crippen molar-refractivity contribution in [2.24, 2.45) is 0 Å². The Morgan fingerprint density at radius 3 is 1.67 bits per heavy atom. The molecule has 0 aliphatic carbocycles. The van der Waals surface area contributed by atoms with Gasteiger partial charge < -0.3 is 10.1 Å². The van der Waals surface area contributed by atoms with Crippen LogP contribution >= 0.6 is 12.6 Å². The molecular weight excluding hydrogens is 709 g/mol. The first-order chi connectivity index (χ1) is 28.0. The Labute approximate surface area is 335 Å². The van der Waals surface area contributed by atoms with Gasteiger partial charge in [0.15, 0.2) is 0 Å². The molecule has 0 atom stereocenters. The number of thiol groups is 1. The zero-order valence-electron chi connectivity index (χ0n) is 31.6. The monoisotopic (exact) mass is 744 g/mol. The van der Waals surface area contributed by atoms with Crippen LogP contribution in [0.1, 0.15) is 11.1 Å². The second kappa shape index (κ2) is 11.8. The van der Waals surface area contributed by atoms with E-state index in [0.717, 1.165) is 48.8 Å². The highest BCUT2D eigenvalue weighted by Crippen LogP contribution is 2.54. The molecule has 12 rings (SSSR count). The molecule has 268 valence electrons. The molecular formula is C54H36N2S. The van der Waals surface area contributed by atoms with Gasteiger partial charge in [0.05, 0.1) is 16.6 Å². The zero-order chi connectivity index (χ0) is 38.1. The average Bonchev–Trinajstić information content (AvgIpc) is 3.77. The lowest BCUT2D eigenvalue weighted by Crippen LogP contribution is -1.97. The third-order valence-corrected chi connectivity index (χ3v) is 13.0. The van der Waals surface area contributed by atoms with E-state index in [1.807, 2.05) is 0 Å². The van der Waals surface area contributed by atoms with Crippen molar-refractivity contribution in [2.75, 3.05) is 5.73 Å². The van der Waals surface area contributed by atoms with Gasteiger partial charge in [0.2, 0.25) is 0 Å². The number of anilines is 1. The molecule has 0 fully saturated rings. The number of aryl methyl sites for hydroxylation is 2. The van der Waals surface area contributed by atoms with E-state index in [2.05, 4.69) is 182 Å². The molecule has 0 radical (unpaired) electrons. The number of nitrogens with zero attached hydrogens (tertiary/aromatic N) is 1. The quantitative estimate of drug-likeness (QED) is 0.136. The minimum atomic E-state index is 0.761. The van der Waals surface area contributed by atoms with Gasteiger partial charge in [0.25, 0.3) is 0 Å². The van der Waals surface area contributed by atoms with Crippen molar-refractivity contribution < 1.29 is 0 Å². The summed E-state index contributed by atoms with van der Waals surface area (Å²) in [6.45, 7) is 4.56. The minimum absolute atomic E-state index is 0.761. The summed E-state index contributed by atoms with van der Waals surface area (Å²) in [7, 11) is 0. The highest BCUT2D eigenvalue weighted by molar-refractivity contribution is 7.80. The Kier molecular flexibility index (Phi) is 6.74. The maximum absolute atomic E-state index is 7.11. The topological polar surface area (TPSA) is 30.4 Å². The third-order valence-electron chi connectivity index (χ3n) is 12.6. The van der Waals surface area contributed by atoms with Crippen LogP contribution in [0.4, 0.5) is 5.69 Å². The van der Waals surface area contributed by atoms with Gasteiger partial charge in [0, 0.05) is 48.5 Å². The number of rotatable bonds is 4. The summed E-state index contributed by atoms with van der Waals surface area (Å²) in [4.78, 5) is 0.993. The van der Waals surface area contributed by atoms with E-state index in [1.54, 1.807) is 0 Å². The lowest BCUT2D eigenvalue weighted by molar-refractivity contribution is 1.33. The molecule has 0 saturated carbocycles. The second-order valence-electron chi connectivity index (χ2n) is 15.6. The maximum atomic E-state index is 7.11. The van der Waals surface area contributed by atoms with Crippen molar-refractivity contribution in [1.82, 2.24) is 4.40 Å². The van der Waals surface area contributed by atoms with E-state index in [1.165, 1.54) is 87.9 Å². The van der Waals surface area contributed by atoms with Crippen LogP contribution in [0.5, 0.6) is 0 Å². The lowest BCUT2D eigenvalue weighted by atomic mass is 9.85. The predicted molar refractivity (Wildman–Crippen MR) is 248 cm³/mol. The zero-order valence-corrected chi connectivity index (χ0v) is 32.5. The van der Waals surface area contributed by atoms with E-state index in [4.69, 9.17) is 18.4 Å². The van der Waals surface area contributed by atoms with Gasteiger partial charge >= 0.3 is 0 Å². The van der Waals surface area contributed by atoms with Gasteiger partial charge in [0.1, 0.15) is 0 Å². The van der Waals surface area contributed by atoms with E-state index in [0.29, 0.717) is 0 Å². The van der Waals surface area contributed by atoms with Gasteiger partial charge in [-0.15, -0.1) is 12.6 Å². The lowest BCUT2D eigenvalue weighted by Gasteiger charge is -2.21. The standard InChI is InChI=1S/C54H36N2S/c1-30-14-9-11-20-37(30)46-31(2)47-43-28-35(32-15-5-3-6-16-32)26-41-42-27-36(33-17-7-4-8-18-33)29-44-48-39(49-38-21-12-10-19-34(38)24-25-45(49)55)22-13-23-40(48)50(46)54(57)53(47)56(51(41)43)52(42)44/h3-29,57H,55H2,1-2H3. The van der Waals surface area contributed by atoms with Crippen LogP contribution < -0.4 is 5.73 Å². The summed E-state index contributed by atoms with van der Waals surface area (Å²) in [6.07, 6.45) is 0. The van der Waals surface area contributed by atoms with Crippen LogP contribution in [0.2, 0.25) is 0 Å². The van der Waals surface area contributed by atoms with Crippen molar-refractivity contribution in [1.29, 1.82) is 0 Å². The summed E-state index contributed by atoms with van der Waals surface area (Å²) in [5.74, 6) is 0. The van der Waals surface area contributed by atoms with Gasteiger partial charge in [-0.1, -0.05) is 133 Å². The Hall–Kier alpha value is -6.81. The largest absolute Gasteiger partial charge is 0.398 e. The molecule has 12 aromatic rings. The second-order valence-corrected chi connectivity index (χ2v) is 16.1. The fourth-order valence-electron chi connectivity index (χ4n) is 10.2. The highest BCUT2D eigenvalue weighted by Gasteiger charge is 2.29. The number of hydrogen-bond acceptors (Lipinski definition) is 2. The number of benzene rings is 9. The minimum Gasteiger partial charge on any atom is -0.398 e. The van der Waals surface area contributed by atoms with E-state index >= 15 is 0 Å². The average molecular weight is 745 g/mol. The van der Waals surface area contributed by atoms with Crippen molar-refractivity contribution in [3.63, 3.8) is 0 Å². The molecule has 0 aliphatic heterocycles. The predicted octanol–water partition coefficient (Wildman–Crippen LogP) is 14.9. The molecule has 2 bridgehead atoms. The molecule has 2 N–H and O–H groups in total. The first kappa shape index (κ1) is 32.4. The first-order valence-electron chi connectivity index (χ1n) is 19.6. The fraction of sp³-hybridized carbons (Fsp3) is 0.0370. The summed E-state index contributed by atoms with van der Waals surface area (Å²) < 4.78 is 2.56. The van der Waals surface area contributed by atoms with E-state index in [9.17, 15) is 0 Å². The number of aromatic nitrogens is 1. The number of nitrogens with two attached hydrogens (primary N) is 1. The Morgan fingerprint density at radius 1 is 0.421 bits per heavy atom. The molecule has 0 unspecified atom stereocenters. The van der Waals surface area contributed by atoms with Crippen LogP contribution in [0.25, 0.3) is 115 Å². The summed E-state index contributed by atoms with van der Waals surface area (Å²) in [5.41, 5.74) is 23.4. The fourth-order valence-corrected chi connectivity index (χ4v) is 10.6. The van der Waals surface area contributed by atoms with E-state index < -0.39 is 0 Å². The number of hydrogen-bond donors (Lipinski definition) is 2. The van der Waals surface area contributed by atoms with Gasteiger partial charge in [-0.3, -0.25) is 0 Å². The van der Waals surface area contributed by atoms with Gasteiger partial charge in [-0.05, 0) is 116 Å². The summed E-state index contributed by atoms with van der Waals surface area (Å²) in [6, 6.07) is 59.8. The van der Waals surface area contributed by atoms with Crippen molar-refractivity contribution >= 4 is 88.7 Å². The molecule has 0 aliphatic rings. The Bertz CT molecular complexity index is 3600. The Balaban J connectivity index is 1.44. The molecule has 3 heterocycles. The molecule has 57 heavy (non-hydrogen) atoms. The van der Waals surface area contributed by atoms with Crippen LogP contribution in [-0.4, -0.2) is 4.40 Å². The summed E-state index contributed by atoms with van der Waals surface area (Å²) >= 11 is 5.68. The van der Waals surface area contributed by atoms with Crippen LogP contribution in [0.15, 0.2) is 169 Å². The molecule has 2 nitrogen and oxygen atoms in total. The van der Waals surface area contributed by atoms with Crippen LogP contribution in [0.3, 0.4) is 0 Å². The molecule has 3 heteroatoms. The first-order valence-corrected chi connectivity index (χ1v) is 20.1. The highest BCUT2D eigenvalue weighted by atomic mass is 32.1. The SMILES string of the molecule is Cc1ccccc1-c1c(C)c2c3cc(-c4ccccc4)cc4c5cc(-c6ccccc6)cc6c7c(-c8c(N)ccc9ccccc89)cccc7c1c(S)c2n(c56)c43. The summed E-state index contributed by atoms with van der Waals surface area (Å²) in [5, 5.41) is 12.0. The van der Waals surface area contributed by atoms with Crippen molar-refractivity contribution in [2.45, 2.75) is 18.7 Å².